The fourth-order valence-corrected chi connectivity index (χ4v) is 1.82. The SMILES string of the molecule is CC(=O)NC(C)C(=O)NCCSCCCO. The highest BCUT2D eigenvalue weighted by Gasteiger charge is 2.12. The van der Waals surface area contributed by atoms with Crippen LogP contribution in [0.4, 0.5) is 0 Å². The number of aliphatic hydroxyl groups is 1. The Morgan fingerprint density at radius 3 is 2.62 bits per heavy atom. The summed E-state index contributed by atoms with van der Waals surface area (Å²) in [7, 11) is 0. The lowest BCUT2D eigenvalue weighted by molar-refractivity contribution is -0.127. The predicted octanol–water partition coefficient (Wildman–Crippen LogP) is -0.257. The molecule has 2 amide bonds. The summed E-state index contributed by atoms with van der Waals surface area (Å²) in [6.45, 7) is 3.82. The van der Waals surface area contributed by atoms with Gasteiger partial charge in [-0.3, -0.25) is 9.59 Å². The summed E-state index contributed by atoms with van der Waals surface area (Å²) in [5.74, 6) is 1.34. The van der Waals surface area contributed by atoms with E-state index in [1.54, 1.807) is 18.7 Å². The van der Waals surface area contributed by atoms with Crippen molar-refractivity contribution in [3.8, 4) is 0 Å². The van der Waals surface area contributed by atoms with Gasteiger partial charge in [-0.25, -0.2) is 0 Å². The Labute approximate surface area is 100 Å². The lowest BCUT2D eigenvalue weighted by Crippen LogP contribution is -2.44. The van der Waals surface area contributed by atoms with Crippen LogP contribution in [0.3, 0.4) is 0 Å². The van der Waals surface area contributed by atoms with Gasteiger partial charge in [-0.2, -0.15) is 11.8 Å². The zero-order valence-corrected chi connectivity index (χ0v) is 10.6. The number of thioether (sulfide) groups is 1. The number of carbonyl (C=O) groups excluding carboxylic acids is 2. The molecular weight excluding hydrogens is 228 g/mol. The lowest BCUT2D eigenvalue weighted by atomic mass is 10.3. The molecule has 5 nitrogen and oxygen atoms in total. The molecule has 94 valence electrons. The number of aliphatic hydroxyl groups excluding tert-OH is 1. The minimum absolute atomic E-state index is 0.169. The third kappa shape index (κ3) is 8.55. The van der Waals surface area contributed by atoms with Crippen molar-refractivity contribution in [2.24, 2.45) is 0 Å². The van der Waals surface area contributed by atoms with Gasteiger partial charge in [-0.15, -0.1) is 0 Å². The van der Waals surface area contributed by atoms with Gasteiger partial charge in [0.2, 0.25) is 11.8 Å². The molecule has 16 heavy (non-hydrogen) atoms. The van der Waals surface area contributed by atoms with Crippen LogP contribution in [0.1, 0.15) is 20.3 Å². The van der Waals surface area contributed by atoms with Crippen LogP contribution in [0.25, 0.3) is 0 Å². The van der Waals surface area contributed by atoms with Gasteiger partial charge in [0.05, 0.1) is 0 Å². The molecular formula is C10H20N2O3S. The predicted molar refractivity (Wildman–Crippen MR) is 65.3 cm³/mol. The Hall–Kier alpha value is -0.750. The van der Waals surface area contributed by atoms with E-state index in [9.17, 15) is 9.59 Å². The average Bonchev–Trinajstić information content (AvgIpc) is 2.21. The third-order valence-electron chi connectivity index (χ3n) is 1.81. The van der Waals surface area contributed by atoms with Crippen LogP contribution in [0.2, 0.25) is 0 Å². The average molecular weight is 248 g/mol. The molecule has 0 aromatic rings. The van der Waals surface area contributed by atoms with Crippen LogP contribution in [0, 0.1) is 0 Å². The molecule has 6 heteroatoms. The van der Waals surface area contributed by atoms with Crippen LogP contribution in [0.5, 0.6) is 0 Å². The zero-order valence-electron chi connectivity index (χ0n) is 9.78. The van der Waals surface area contributed by atoms with Crippen molar-refractivity contribution in [1.29, 1.82) is 0 Å². The first-order valence-electron chi connectivity index (χ1n) is 5.31. The van der Waals surface area contributed by atoms with Crippen molar-refractivity contribution in [3.63, 3.8) is 0 Å². The van der Waals surface area contributed by atoms with Crippen molar-refractivity contribution in [2.75, 3.05) is 24.7 Å². The number of hydrogen-bond acceptors (Lipinski definition) is 4. The standard InChI is InChI=1S/C10H20N2O3S/c1-8(12-9(2)14)10(15)11-4-7-16-6-3-5-13/h8,13H,3-7H2,1-2H3,(H,11,15)(H,12,14). The van der Waals surface area contributed by atoms with E-state index >= 15 is 0 Å². The van der Waals surface area contributed by atoms with Gasteiger partial charge >= 0.3 is 0 Å². The van der Waals surface area contributed by atoms with Crippen LogP contribution in [-0.2, 0) is 9.59 Å². The second-order valence-electron chi connectivity index (χ2n) is 3.40. The minimum Gasteiger partial charge on any atom is -0.396 e. The van der Waals surface area contributed by atoms with Crippen molar-refractivity contribution >= 4 is 23.6 Å². The van der Waals surface area contributed by atoms with E-state index in [4.69, 9.17) is 5.11 Å². The molecule has 0 saturated carbocycles. The van der Waals surface area contributed by atoms with Crippen molar-refractivity contribution in [2.45, 2.75) is 26.3 Å². The van der Waals surface area contributed by atoms with Crippen LogP contribution >= 0.6 is 11.8 Å². The van der Waals surface area contributed by atoms with E-state index in [0.717, 1.165) is 17.9 Å². The van der Waals surface area contributed by atoms with Gasteiger partial charge in [-0.1, -0.05) is 0 Å². The summed E-state index contributed by atoms with van der Waals surface area (Å²) in [5.41, 5.74) is 0. The van der Waals surface area contributed by atoms with E-state index < -0.39 is 6.04 Å². The first-order chi connectivity index (χ1) is 7.57. The molecule has 1 unspecified atom stereocenters. The summed E-state index contributed by atoms with van der Waals surface area (Å²) in [4.78, 5) is 22.1. The molecule has 0 aromatic carbocycles. The molecule has 0 heterocycles. The highest BCUT2D eigenvalue weighted by molar-refractivity contribution is 7.99. The Bertz CT molecular complexity index is 224. The number of hydrogen-bond donors (Lipinski definition) is 3. The molecule has 1 atom stereocenters. The molecule has 0 bridgehead atoms. The molecule has 0 fully saturated rings. The fourth-order valence-electron chi connectivity index (χ4n) is 1.04. The lowest BCUT2D eigenvalue weighted by Gasteiger charge is -2.12. The molecule has 3 N–H and O–H groups in total. The molecule has 0 saturated heterocycles. The molecule has 0 radical (unpaired) electrons. The largest absolute Gasteiger partial charge is 0.396 e. The summed E-state index contributed by atoms with van der Waals surface area (Å²) in [6.07, 6.45) is 0.779. The van der Waals surface area contributed by atoms with Crippen LogP contribution in [-0.4, -0.2) is 47.6 Å². The number of rotatable bonds is 8. The van der Waals surface area contributed by atoms with E-state index in [-0.39, 0.29) is 18.4 Å². The maximum Gasteiger partial charge on any atom is 0.242 e. The molecule has 0 aliphatic carbocycles. The Balaban J connectivity index is 3.46. The normalized spacial score (nSPS) is 11.9. The Morgan fingerprint density at radius 1 is 1.38 bits per heavy atom. The van der Waals surface area contributed by atoms with E-state index in [2.05, 4.69) is 10.6 Å². The monoisotopic (exact) mass is 248 g/mol. The first kappa shape index (κ1) is 15.2. The maximum absolute atomic E-state index is 11.4. The van der Waals surface area contributed by atoms with Crippen LogP contribution in [0.15, 0.2) is 0 Å². The topological polar surface area (TPSA) is 78.4 Å². The molecule has 0 aliphatic rings. The second kappa shape index (κ2) is 9.47. The van der Waals surface area contributed by atoms with Crippen molar-refractivity contribution < 1.29 is 14.7 Å². The van der Waals surface area contributed by atoms with E-state index in [0.29, 0.717) is 6.54 Å². The summed E-state index contributed by atoms with van der Waals surface area (Å²) < 4.78 is 0. The molecule has 0 rings (SSSR count). The number of carbonyl (C=O) groups is 2. The van der Waals surface area contributed by atoms with Gasteiger partial charge in [-0.05, 0) is 19.1 Å². The Morgan fingerprint density at radius 2 is 2.06 bits per heavy atom. The smallest absolute Gasteiger partial charge is 0.242 e. The van der Waals surface area contributed by atoms with E-state index in [1.165, 1.54) is 6.92 Å². The van der Waals surface area contributed by atoms with Gasteiger partial charge < -0.3 is 15.7 Å². The van der Waals surface area contributed by atoms with Gasteiger partial charge in [0.1, 0.15) is 6.04 Å². The van der Waals surface area contributed by atoms with Crippen molar-refractivity contribution in [3.05, 3.63) is 0 Å². The fraction of sp³-hybridized carbons (Fsp3) is 0.800. The number of amides is 2. The highest BCUT2D eigenvalue weighted by atomic mass is 32.2. The summed E-state index contributed by atoms with van der Waals surface area (Å²) in [5, 5.41) is 13.8. The Kier molecular flexibility index (Phi) is 9.03. The molecule has 0 aliphatic heterocycles. The maximum atomic E-state index is 11.4. The van der Waals surface area contributed by atoms with Gasteiger partial charge in [0, 0.05) is 25.8 Å². The van der Waals surface area contributed by atoms with Gasteiger partial charge in [0.25, 0.3) is 0 Å². The van der Waals surface area contributed by atoms with E-state index in [1.807, 2.05) is 0 Å². The molecule has 0 aromatic heterocycles. The van der Waals surface area contributed by atoms with Gasteiger partial charge in [0.15, 0.2) is 0 Å². The first-order valence-corrected chi connectivity index (χ1v) is 6.46. The highest BCUT2D eigenvalue weighted by Crippen LogP contribution is 1.99. The van der Waals surface area contributed by atoms with Crippen molar-refractivity contribution in [1.82, 2.24) is 10.6 Å². The summed E-state index contributed by atoms with van der Waals surface area (Å²) >= 11 is 1.68. The summed E-state index contributed by atoms with van der Waals surface area (Å²) in [6, 6.07) is -0.486. The second-order valence-corrected chi connectivity index (χ2v) is 4.63. The van der Waals surface area contributed by atoms with Crippen LogP contribution < -0.4 is 10.6 Å². The third-order valence-corrected chi connectivity index (χ3v) is 2.88. The minimum atomic E-state index is -0.486. The molecule has 0 spiro atoms. The number of nitrogens with one attached hydrogen (secondary N) is 2. The quantitative estimate of drug-likeness (QED) is 0.517. The zero-order chi connectivity index (χ0) is 12.4.